The SMILES string of the molecule is Fc1cc(F)c(C[C@H](CCOCc2ccccc2)NCc2ccccc2)cc1F. The van der Waals surface area contributed by atoms with E-state index in [4.69, 9.17) is 4.74 Å². The molecule has 0 fully saturated rings. The lowest BCUT2D eigenvalue weighted by atomic mass is 10.0. The minimum atomic E-state index is -1.17. The predicted octanol–water partition coefficient (Wildman–Crippen LogP) is 5.41. The highest BCUT2D eigenvalue weighted by atomic mass is 19.2. The molecule has 0 saturated carbocycles. The van der Waals surface area contributed by atoms with Gasteiger partial charge in [0.05, 0.1) is 6.61 Å². The van der Waals surface area contributed by atoms with Gasteiger partial charge in [-0.15, -0.1) is 0 Å². The molecule has 3 aromatic carbocycles. The van der Waals surface area contributed by atoms with Crippen LogP contribution in [0.2, 0.25) is 0 Å². The van der Waals surface area contributed by atoms with E-state index in [1.807, 2.05) is 60.7 Å². The van der Waals surface area contributed by atoms with Crippen LogP contribution in [0.25, 0.3) is 0 Å². The molecular weight excluding hydrogens is 375 g/mol. The molecule has 0 aromatic heterocycles. The highest BCUT2D eigenvalue weighted by Gasteiger charge is 2.15. The Morgan fingerprint density at radius 2 is 1.38 bits per heavy atom. The molecular formula is C24H24F3NO. The van der Waals surface area contributed by atoms with Gasteiger partial charge in [0, 0.05) is 25.3 Å². The standard InChI is InChI=1S/C24H24F3NO/c25-22-15-24(27)23(26)14-20(22)13-21(28-16-18-7-3-1-4-8-18)11-12-29-17-19-9-5-2-6-10-19/h1-10,14-15,21,28H,11-13,16-17H2/t21-/m0/s1. The number of ether oxygens (including phenoxy) is 1. The fourth-order valence-corrected chi connectivity index (χ4v) is 3.11. The minimum absolute atomic E-state index is 0.148. The van der Waals surface area contributed by atoms with Crippen molar-refractivity contribution in [3.8, 4) is 0 Å². The van der Waals surface area contributed by atoms with Crippen LogP contribution in [0.4, 0.5) is 13.2 Å². The molecule has 0 radical (unpaired) electrons. The van der Waals surface area contributed by atoms with Gasteiger partial charge < -0.3 is 10.1 Å². The van der Waals surface area contributed by atoms with E-state index in [1.54, 1.807) is 0 Å². The largest absolute Gasteiger partial charge is 0.377 e. The molecule has 29 heavy (non-hydrogen) atoms. The van der Waals surface area contributed by atoms with E-state index in [0.717, 1.165) is 17.2 Å². The highest BCUT2D eigenvalue weighted by Crippen LogP contribution is 2.17. The maximum atomic E-state index is 14.1. The van der Waals surface area contributed by atoms with Crippen molar-refractivity contribution in [3.63, 3.8) is 0 Å². The van der Waals surface area contributed by atoms with Gasteiger partial charge in [-0.2, -0.15) is 0 Å². The Balaban J connectivity index is 1.60. The summed E-state index contributed by atoms with van der Waals surface area (Å²) in [5, 5.41) is 3.38. The molecule has 0 spiro atoms. The van der Waals surface area contributed by atoms with Crippen LogP contribution in [0, 0.1) is 17.5 Å². The van der Waals surface area contributed by atoms with Crippen LogP contribution < -0.4 is 5.32 Å². The Morgan fingerprint density at radius 3 is 2.07 bits per heavy atom. The molecule has 0 unspecified atom stereocenters. The van der Waals surface area contributed by atoms with Gasteiger partial charge in [0.15, 0.2) is 11.6 Å². The first kappa shape index (κ1) is 21.1. The Kier molecular flexibility index (Phi) is 7.85. The molecule has 0 bridgehead atoms. The normalized spacial score (nSPS) is 12.1. The van der Waals surface area contributed by atoms with Crippen LogP contribution in [-0.2, 0) is 24.3 Å². The summed E-state index contributed by atoms with van der Waals surface area (Å²) in [5.41, 5.74) is 2.32. The number of hydrogen-bond acceptors (Lipinski definition) is 2. The predicted molar refractivity (Wildman–Crippen MR) is 108 cm³/mol. The monoisotopic (exact) mass is 399 g/mol. The van der Waals surface area contributed by atoms with Crippen LogP contribution >= 0.6 is 0 Å². The van der Waals surface area contributed by atoms with E-state index in [9.17, 15) is 13.2 Å². The van der Waals surface area contributed by atoms with Gasteiger partial charge in [0.25, 0.3) is 0 Å². The van der Waals surface area contributed by atoms with Crippen molar-refractivity contribution in [2.24, 2.45) is 0 Å². The average molecular weight is 399 g/mol. The van der Waals surface area contributed by atoms with E-state index in [-0.39, 0.29) is 18.0 Å². The summed E-state index contributed by atoms with van der Waals surface area (Å²) in [6, 6.07) is 21.0. The summed E-state index contributed by atoms with van der Waals surface area (Å²) in [6.07, 6.45) is 0.850. The second-order valence-electron chi connectivity index (χ2n) is 6.95. The molecule has 1 N–H and O–H groups in total. The Hall–Kier alpha value is -2.63. The third kappa shape index (κ3) is 6.73. The molecule has 3 rings (SSSR count). The molecule has 5 heteroatoms. The second kappa shape index (κ2) is 10.8. The topological polar surface area (TPSA) is 21.3 Å². The molecule has 1 atom stereocenters. The van der Waals surface area contributed by atoms with Crippen LogP contribution in [0.5, 0.6) is 0 Å². The zero-order valence-electron chi connectivity index (χ0n) is 16.1. The Morgan fingerprint density at radius 1 is 0.759 bits per heavy atom. The fraction of sp³-hybridized carbons (Fsp3) is 0.250. The number of benzene rings is 3. The van der Waals surface area contributed by atoms with Crippen molar-refractivity contribution in [2.45, 2.75) is 32.0 Å². The van der Waals surface area contributed by atoms with Crippen LogP contribution in [0.3, 0.4) is 0 Å². The molecule has 2 nitrogen and oxygen atoms in total. The first-order valence-electron chi connectivity index (χ1n) is 9.64. The van der Waals surface area contributed by atoms with Gasteiger partial charge in [-0.25, -0.2) is 13.2 Å². The molecule has 0 heterocycles. The molecule has 0 aliphatic heterocycles. The van der Waals surface area contributed by atoms with E-state index < -0.39 is 17.5 Å². The van der Waals surface area contributed by atoms with Gasteiger partial charge in [-0.05, 0) is 35.6 Å². The second-order valence-corrected chi connectivity index (χ2v) is 6.95. The minimum Gasteiger partial charge on any atom is -0.377 e. The maximum absolute atomic E-state index is 14.1. The van der Waals surface area contributed by atoms with Gasteiger partial charge in [-0.1, -0.05) is 60.7 Å². The summed E-state index contributed by atoms with van der Waals surface area (Å²) >= 11 is 0. The van der Waals surface area contributed by atoms with E-state index in [2.05, 4.69) is 5.32 Å². The quantitative estimate of drug-likeness (QED) is 0.363. The highest BCUT2D eigenvalue weighted by molar-refractivity contribution is 5.21. The molecule has 0 saturated heterocycles. The zero-order chi connectivity index (χ0) is 20.5. The van der Waals surface area contributed by atoms with Crippen molar-refractivity contribution in [1.29, 1.82) is 0 Å². The van der Waals surface area contributed by atoms with Gasteiger partial charge >= 0.3 is 0 Å². The third-order valence-electron chi connectivity index (χ3n) is 4.72. The Bertz CT molecular complexity index is 887. The molecule has 0 amide bonds. The molecule has 0 aliphatic carbocycles. The van der Waals surface area contributed by atoms with Crippen LogP contribution in [0.1, 0.15) is 23.1 Å². The lowest BCUT2D eigenvalue weighted by Gasteiger charge is -2.20. The van der Waals surface area contributed by atoms with Crippen molar-refractivity contribution < 1.29 is 17.9 Å². The first-order chi connectivity index (χ1) is 14.1. The van der Waals surface area contributed by atoms with E-state index in [1.165, 1.54) is 0 Å². The molecule has 3 aromatic rings. The molecule has 152 valence electrons. The van der Waals surface area contributed by atoms with Gasteiger partial charge in [0.1, 0.15) is 5.82 Å². The number of rotatable bonds is 10. The number of hydrogen-bond donors (Lipinski definition) is 1. The average Bonchev–Trinajstić information content (AvgIpc) is 2.74. The van der Waals surface area contributed by atoms with Crippen LogP contribution in [0.15, 0.2) is 72.8 Å². The number of nitrogens with one attached hydrogen (secondary N) is 1. The summed E-state index contributed by atoms with van der Waals surface area (Å²) in [4.78, 5) is 0. The number of halogens is 3. The molecule has 0 aliphatic rings. The first-order valence-corrected chi connectivity index (χ1v) is 9.64. The Labute approximate surface area is 169 Å². The lowest BCUT2D eigenvalue weighted by Crippen LogP contribution is -2.32. The summed E-state index contributed by atoms with van der Waals surface area (Å²) in [6.45, 7) is 1.55. The van der Waals surface area contributed by atoms with Gasteiger partial charge in [-0.3, -0.25) is 0 Å². The van der Waals surface area contributed by atoms with Gasteiger partial charge in [0.2, 0.25) is 0 Å². The summed E-state index contributed by atoms with van der Waals surface area (Å²) < 4.78 is 46.6. The third-order valence-corrected chi connectivity index (χ3v) is 4.72. The van der Waals surface area contributed by atoms with Crippen LogP contribution in [-0.4, -0.2) is 12.6 Å². The zero-order valence-corrected chi connectivity index (χ0v) is 16.1. The lowest BCUT2D eigenvalue weighted by molar-refractivity contribution is 0.111. The smallest absolute Gasteiger partial charge is 0.161 e. The van der Waals surface area contributed by atoms with Crippen molar-refractivity contribution in [1.82, 2.24) is 5.32 Å². The van der Waals surface area contributed by atoms with E-state index >= 15 is 0 Å². The maximum Gasteiger partial charge on any atom is 0.161 e. The summed E-state index contributed by atoms with van der Waals surface area (Å²) in [7, 11) is 0. The van der Waals surface area contributed by atoms with E-state index in [0.29, 0.717) is 32.2 Å². The van der Waals surface area contributed by atoms with Crippen molar-refractivity contribution in [2.75, 3.05) is 6.61 Å². The fourth-order valence-electron chi connectivity index (χ4n) is 3.11. The summed E-state index contributed by atoms with van der Waals surface area (Å²) in [5.74, 6) is -2.95. The van der Waals surface area contributed by atoms with Crippen molar-refractivity contribution in [3.05, 3.63) is 107 Å². The van der Waals surface area contributed by atoms with Crippen molar-refractivity contribution >= 4 is 0 Å².